The van der Waals surface area contributed by atoms with Gasteiger partial charge in [0.05, 0.1) is 0 Å². The lowest BCUT2D eigenvalue weighted by Crippen LogP contribution is -2.30. The monoisotopic (exact) mass is 955 g/mol. The van der Waals surface area contributed by atoms with Crippen LogP contribution in [0.25, 0.3) is 0 Å². The number of hydrogen-bond donors (Lipinski definition) is 0. The maximum absolute atomic E-state index is 12.8. The zero-order valence-electron chi connectivity index (χ0n) is 44.5. The summed E-state index contributed by atoms with van der Waals surface area (Å²) in [4.78, 5) is 38.1. The van der Waals surface area contributed by atoms with E-state index in [0.29, 0.717) is 19.3 Å². The number of rotatable bonds is 49. The highest BCUT2D eigenvalue weighted by Gasteiger charge is 2.19. The molecular formula is C63H102O6. The fraction of sp³-hybridized carbons (Fsp3) is 0.635. The summed E-state index contributed by atoms with van der Waals surface area (Å²) in [6.07, 6.45) is 77.6. The third-order valence-corrected chi connectivity index (χ3v) is 11.4. The predicted octanol–water partition coefficient (Wildman–Crippen LogP) is 18.9. The van der Waals surface area contributed by atoms with E-state index in [-0.39, 0.29) is 37.5 Å². The normalized spacial score (nSPS) is 13.0. The Morgan fingerprint density at radius 1 is 0.304 bits per heavy atom. The highest BCUT2D eigenvalue weighted by molar-refractivity contribution is 5.71. The van der Waals surface area contributed by atoms with Crippen molar-refractivity contribution in [2.75, 3.05) is 13.2 Å². The van der Waals surface area contributed by atoms with Crippen LogP contribution in [0, 0.1) is 0 Å². The molecule has 6 nitrogen and oxygen atoms in total. The smallest absolute Gasteiger partial charge is 0.306 e. The number of carbonyl (C=O) groups excluding carboxylic acids is 3. The third kappa shape index (κ3) is 54.6. The lowest BCUT2D eigenvalue weighted by Gasteiger charge is -2.18. The van der Waals surface area contributed by atoms with Crippen molar-refractivity contribution < 1.29 is 28.6 Å². The van der Waals surface area contributed by atoms with Crippen LogP contribution in [0.4, 0.5) is 0 Å². The Morgan fingerprint density at radius 3 is 0.928 bits per heavy atom. The van der Waals surface area contributed by atoms with Gasteiger partial charge in [-0.3, -0.25) is 14.4 Å². The largest absolute Gasteiger partial charge is 0.462 e. The van der Waals surface area contributed by atoms with Crippen LogP contribution in [0.5, 0.6) is 0 Å². The van der Waals surface area contributed by atoms with Gasteiger partial charge in [0.1, 0.15) is 13.2 Å². The van der Waals surface area contributed by atoms with Crippen LogP contribution in [0.1, 0.15) is 239 Å². The molecule has 0 fully saturated rings. The standard InChI is InChI=1S/C63H102O6/c1-4-7-10-13-16-19-22-25-27-28-29-30-31-32-33-34-36-38-41-44-47-50-53-56-62(65)68-59-60(58-67-61(64)55-52-49-46-43-40-37-24-21-18-15-12-9-6-3)69-63(66)57-54-51-48-45-42-39-35-26-23-20-17-14-11-8-5-2/h7-8,10-11,16-17,19-21,24-27,29-30,32-33,35,42,45,60H,4-6,9,12-15,18,22-23,28,31,34,36-41,43-44,46-59H2,1-3H3/b10-7-,11-8-,19-16-,20-17-,24-21-,27-25-,30-29-,33-32-,35-26-,45-42-. The molecule has 0 aromatic carbocycles. The van der Waals surface area contributed by atoms with E-state index < -0.39 is 6.10 Å². The Kier molecular flexibility index (Phi) is 53.0. The zero-order valence-corrected chi connectivity index (χ0v) is 44.5. The van der Waals surface area contributed by atoms with Crippen LogP contribution in [-0.4, -0.2) is 37.2 Å². The first-order valence-corrected chi connectivity index (χ1v) is 28.0. The summed E-state index contributed by atoms with van der Waals surface area (Å²) in [5.41, 5.74) is 0. The van der Waals surface area contributed by atoms with Gasteiger partial charge in [0.2, 0.25) is 0 Å². The van der Waals surface area contributed by atoms with Crippen LogP contribution >= 0.6 is 0 Å². The summed E-state index contributed by atoms with van der Waals surface area (Å²) >= 11 is 0. The van der Waals surface area contributed by atoms with Gasteiger partial charge < -0.3 is 14.2 Å². The summed E-state index contributed by atoms with van der Waals surface area (Å²) in [5, 5.41) is 0. The van der Waals surface area contributed by atoms with Gasteiger partial charge in [-0.25, -0.2) is 0 Å². The summed E-state index contributed by atoms with van der Waals surface area (Å²) in [7, 11) is 0. The second kappa shape index (κ2) is 56.4. The first-order chi connectivity index (χ1) is 34.0. The van der Waals surface area contributed by atoms with Gasteiger partial charge >= 0.3 is 17.9 Å². The van der Waals surface area contributed by atoms with Gasteiger partial charge in [-0.05, 0) is 128 Å². The first kappa shape index (κ1) is 64.8. The molecule has 0 rings (SSSR count). The Hall–Kier alpha value is -4.19. The van der Waals surface area contributed by atoms with Crippen LogP contribution in [-0.2, 0) is 28.6 Å². The molecule has 0 aromatic heterocycles. The lowest BCUT2D eigenvalue weighted by atomic mass is 10.1. The molecule has 0 saturated heterocycles. The van der Waals surface area contributed by atoms with Crippen LogP contribution in [0.2, 0.25) is 0 Å². The van der Waals surface area contributed by atoms with E-state index in [1.807, 2.05) is 0 Å². The minimum Gasteiger partial charge on any atom is -0.462 e. The van der Waals surface area contributed by atoms with Crippen molar-refractivity contribution in [3.63, 3.8) is 0 Å². The number of unbranched alkanes of at least 4 members (excludes halogenated alkanes) is 18. The van der Waals surface area contributed by atoms with Gasteiger partial charge in [-0.15, -0.1) is 0 Å². The van der Waals surface area contributed by atoms with Crippen LogP contribution < -0.4 is 0 Å². The minimum absolute atomic E-state index is 0.105. The first-order valence-electron chi connectivity index (χ1n) is 28.0. The summed E-state index contributed by atoms with van der Waals surface area (Å²) in [6, 6.07) is 0. The molecule has 0 spiro atoms. The highest BCUT2D eigenvalue weighted by atomic mass is 16.6. The van der Waals surface area contributed by atoms with Crippen molar-refractivity contribution in [2.24, 2.45) is 0 Å². The molecule has 1 unspecified atom stereocenters. The van der Waals surface area contributed by atoms with Crippen LogP contribution in [0.15, 0.2) is 122 Å². The molecule has 6 heteroatoms. The number of ether oxygens (including phenoxy) is 3. The summed E-state index contributed by atoms with van der Waals surface area (Å²) in [5.74, 6) is -0.971. The average molecular weight is 956 g/mol. The molecule has 0 aliphatic heterocycles. The zero-order chi connectivity index (χ0) is 50.0. The van der Waals surface area contributed by atoms with E-state index in [2.05, 4.69) is 142 Å². The predicted molar refractivity (Wildman–Crippen MR) is 297 cm³/mol. The fourth-order valence-electron chi connectivity index (χ4n) is 7.28. The van der Waals surface area contributed by atoms with Gasteiger partial charge in [0.15, 0.2) is 6.10 Å². The van der Waals surface area contributed by atoms with Crippen molar-refractivity contribution in [2.45, 2.75) is 245 Å². The van der Waals surface area contributed by atoms with E-state index in [9.17, 15) is 14.4 Å². The highest BCUT2D eigenvalue weighted by Crippen LogP contribution is 2.13. The molecule has 0 saturated carbocycles. The summed E-state index contributed by atoms with van der Waals surface area (Å²) in [6.45, 7) is 6.34. The molecule has 0 aromatic rings. The fourth-order valence-corrected chi connectivity index (χ4v) is 7.28. The average Bonchev–Trinajstić information content (AvgIpc) is 3.35. The van der Waals surface area contributed by atoms with E-state index >= 15 is 0 Å². The number of esters is 3. The van der Waals surface area contributed by atoms with E-state index in [1.54, 1.807) is 0 Å². The maximum atomic E-state index is 12.8. The molecule has 1 atom stereocenters. The van der Waals surface area contributed by atoms with Crippen LogP contribution in [0.3, 0.4) is 0 Å². The van der Waals surface area contributed by atoms with Gasteiger partial charge in [-0.1, -0.05) is 213 Å². The van der Waals surface area contributed by atoms with Crippen molar-refractivity contribution in [3.8, 4) is 0 Å². The molecule has 0 amide bonds. The third-order valence-electron chi connectivity index (χ3n) is 11.4. The Balaban J connectivity index is 4.44. The molecule has 0 heterocycles. The van der Waals surface area contributed by atoms with Crippen molar-refractivity contribution in [3.05, 3.63) is 122 Å². The molecule has 390 valence electrons. The molecule has 0 bridgehead atoms. The summed E-state index contributed by atoms with van der Waals surface area (Å²) < 4.78 is 16.8. The Bertz CT molecular complexity index is 1470. The number of hydrogen-bond acceptors (Lipinski definition) is 6. The molecular weight excluding hydrogens is 853 g/mol. The van der Waals surface area contributed by atoms with E-state index in [1.165, 1.54) is 64.2 Å². The molecule has 0 aliphatic carbocycles. The minimum atomic E-state index is -0.811. The second-order valence-electron chi connectivity index (χ2n) is 18.1. The molecule has 0 aliphatic rings. The molecule has 0 radical (unpaired) electrons. The van der Waals surface area contributed by atoms with Crippen molar-refractivity contribution in [1.29, 1.82) is 0 Å². The van der Waals surface area contributed by atoms with Crippen molar-refractivity contribution >= 4 is 17.9 Å². The van der Waals surface area contributed by atoms with Gasteiger partial charge in [0.25, 0.3) is 0 Å². The van der Waals surface area contributed by atoms with Gasteiger partial charge in [0, 0.05) is 19.3 Å². The topological polar surface area (TPSA) is 78.9 Å². The lowest BCUT2D eigenvalue weighted by molar-refractivity contribution is -0.167. The molecule has 69 heavy (non-hydrogen) atoms. The Morgan fingerprint density at radius 2 is 0.565 bits per heavy atom. The van der Waals surface area contributed by atoms with Gasteiger partial charge in [-0.2, -0.15) is 0 Å². The quantitative estimate of drug-likeness (QED) is 0.0262. The number of allylic oxidation sites excluding steroid dienone is 20. The van der Waals surface area contributed by atoms with E-state index in [0.717, 1.165) is 128 Å². The van der Waals surface area contributed by atoms with E-state index in [4.69, 9.17) is 14.2 Å². The SMILES string of the molecule is CC/C=C\C/C=C\C/C=C\C/C=C\C/C=C\CCCCCCCCCC(=O)OCC(COC(=O)CCCCCCC/C=C\CCCCCC)OC(=O)CCCC/C=C\C/C=C\C/C=C\C/C=C\CC. The second-order valence-corrected chi connectivity index (χ2v) is 18.1. The Labute approximate surface area is 424 Å². The maximum Gasteiger partial charge on any atom is 0.306 e. The molecule has 0 N–H and O–H groups in total. The van der Waals surface area contributed by atoms with Crippen molar-refractivity contribution in [1.82, 2.24) is 0 Å². The number of carbonyl (C=O) groups is 3.